The van der Waals surface area contributed by atoms with Gasteiger partial charge in [0.2, 0.25) is 21.8 Å². The first-order valence-electron chi connectivity index (χ1n) is 15.8. The molecule has 3 aromatic rings. The third kappa shape index (κ3) is 10.1. The van der Waals surface area contributed by atoms with Crippen molar-refractivity contribution in [1.82, 2.24) is 10.2 Å². The van der Waals surface area contributed by atoms with Crippen LogP contribution >= 0.6 is 23.2 Å². The molecule has 0 bridgehead atoms. The van der Waals surface area contributed by atoms with Crippen molar-refractivity contribution in [1.29, 1.82) is 0 Å². The molecule has 2 amide bonds. The third-order valence-electron chi connectivity index (χ3n) is 8.20. The summed E-state index contributed by atoms with van der Waals surface area (Å²) in [6, 6.07) is 20.8. The number of anilines is 1. The Morgan fingerprint density at radius 1 is 0.935 bits per heavy atom. The van der Waals surface area contributed by atoms with E-state index in [2.05, 4.69) is 5.32 Å². The second-order valence-corrected chi connectivity index (χ2v) is 14.4. The number of ether oxygens (including phenoxy) is 1. The number of hydrogen-bond acceptors (Lipinski definition) is 5. The zero-order valence-corrected chi connectivity index (χ0v) is 28.8. The molecular formula is C35H43Cl2N3O5S. The Bertz CT molecular complexity index is 1530. The zero-order chi connectivity index (χ0) is 33.1. The van der Waals surface area contributed by atoms with Crippen LogP contribution < -0.4 is 14.4 Å². The fraction of sp³-hybridized carbons (Fsp3) is 0.429. The van der Waals surface area contributed by atoms with Crippen LogP contribution in [-0.2, 0) is 32.6 Å². The van der Waals surface area contributed by atoms with Gasteiger partial charge in [-0.15, -0.1) is 0 Å². The van der Waals surface area contributed by atoms with Crippen LogP contribution in [0.1, 0.15) is 63.0 Å². The molecule has 0 unspecified atom stereocenters. The van der Waals surface area contributed by atoms with Crippen LogP contribution in [-0.4, -0.2) is 56.6 Å². The number of hydrogen-bond donors (Lipinski definition) is 1. The van der Waals surface area contributed by atoms with Crippen molar-refractivity contribution in [2.75, 3.05) is 23.7 Å². The summed E-state index contributed by atoms with van der Waals surface area (Å²) in [7, 11) is -3.64. The van der Waals surface area contributed by atoms with E-state index in [0.717, 1.165) is 43.9 Å². The van der Waals surface area contributed by atoms with Gasteiger partial charge in [-0.3, -0.25) is 13.9 Å². The molecule has 0 saturated heterocycles. The van der Waals surface area contributed by atoms with Gasteiger partial charge >= 0.3 is 0 Å². The van der Waals surface area contributed by atoms with Crippen LogP contribution in [0.15, 0.2) is 72.8 Å². The molecule has 46 heavy (non-hydrogen) atoms. The number of sulfonamides is 1. The number of nitrogens with one attached hydrogen (secondary N) is 1. The van der Waals surface area contributed by atoms with Crippen LogP contribution in [0, 0.1) is 0 Å². The molecule has 4 rings (SSSR count). The van der Waals surface area contributed by atoms with Crippen LogP contribution in [0.5, 0.6) is 5.75 Å². The van der Waals surface area contributed by atoms with E-state index in [-0.39, 0.29) is 43.8 Å². The van der Waals surface area contributed by atoms with E-state index in [1.807, 2.05) is 37.3 Å². The minimum absolute atomic E-state index is 0.00706. The summed E-state index contributed by atoms with van der Waals surface area (Å²) in [5, 5.41) is 4.02. The van der Waals surface area contributed by atoms with Crippen LogP contribution in [0.3, 0.4) is 0 Å². The average molecular weight is 689 g/mol. The Hall–Kier alpha value is -3.27. The zero-order valence-electron chi connectivity index (χ0n) is 26.5. The number of carbonyl (C=O) groups is 2. The molecule has 0 radical (unpaired) electrons. The van der Waals surface area contributed by atoms with Crippen molar-refractivity contribution in [2.24, 2.45) is 0 Å². The minimum Gasteiger partial charge on any atom is -0.494 e. The summed E-state index contributed by atoms with van der Waals surface area (Å²) in [4.78, 5) is 29.7. The summed E-state index contributed by atoms with van der Waals surface area (Å²) in [6.07, 6.45) is 6.74. The summed E-state index contributed by atoms with van der Waals surface area (Å²) in [5.41, 5.74) is 1.94. The second-order valence-electron chi connectivity index (χ2n) is 11.6. The molecule has 1 atom stereocenters. The predicted molar refractivity (Wildman–Crippen MR) is 185 cm³/mol. The van der Waals surface area contributed by atoms with Crippen molar-refractivity contribution in [3.05, 3.63) is 94.0 Å². The standard InChI is InChI=1S/C35H43Cl2N3O5S/c1-3-45-29-21-19-28(20-22-29)40(46(2,43)44)23-11-18-34(41)39(25-30-31(36)16-10-17-32(30)37)33(24-26-12-6-4-7-13-26)35(42)38-27-14-8-5-9-15-27/h4,6-7,10,12-13,16-17,19-22,27,33H,3,5,8-9,11,14-15,18,23-25H2,1-2H3,(H,38,42)/t33-/m1/s1. The van der Waals surface area contributed by atoms with Gasteiger partial charge in [0.1, 0.15) is 11.8 Å². The number of amides is 2. The fourth-order valence-electron chi connectivity index (χ4n) is 5.83. The molecule has 0 heterocycles. The lowest BCUT2D eigenvalue weighted by Gasteiger charge is -2.34. The Morgan fingerprint density at radius 2 is 1.59 bits per heavy atom. The molecule has 1 N–H and O–H groups in total. The molecule has 1 aliphatic carbocycles. The molecule has 11 heteroatoms. The Labute approximate surface area is 283 Å². The molecular weight excluding hydrogens is 645 g/mol. The number of benzene rings is 3. The maximum absolute atomic E-state index is 14.2. The average Bonchev–Trinajstić information content (AvgIpc) is 3.03. The van der Waals surface area contributed by atoms with Crippen molar-refractivity contribution in [2.45, 2.75) is 76.9 Å². The van der Waals surface area contributed by atoms with Crippen molar-refractivity contribution in [3.8, 4) is 5.75 Å². The quantitative estimate of drug-likeness (QED) is 0.185. The Morgan fingerprint density at radius 3 is 2.20 bits per heavy atom. The van der Waals surface area contributed by atoms with Gasteiger partial charge in [0, 0.05) is 47.6 Å². The first kappa shape index (κ1) is 35.6. The number of nitrogens with zero attached hydrogens (tertiary/aromatic N) is 2. The van der Waals surface area contributed by atoms with Gasteiger partial charge in [0.15, 0.2) is 0 Å². The van der Waals surface area contributed by atoms with Gasteiger partial charge in [-0.1, -0.05) is 78.9 Å². The lowest BCUT2D eigenvalue weighted by Crippen LogP contribution is -2.53. The maximum Gasteiger partial charge on any atom is 0.243 e. The van der Waals surface area contributed by atoms with E-state index < -0.39 is 16.1 Å². The van der Waals surface area contributed by atoms with Gasteiger partial charge in [0.25, 0.3) is 0 Å². The van der Waals surface area contributed by atoms with Crippen LogP contribution in [0.2, 0.25) is 10.0 Å². The van der Waals surface area contributed by atoms with E-state index >= 15 is 0 Å². The highest BCUT2D eigenvalue weighted by Crippen LogP contribution is 2.28. The second kappa shape index (κ2) is 17.0. The summed E-state index contributed by atoms with van der Waals surface area (Å²) in [6.45, 7) is 2.48. The molecule has 0 spiro atoms. The van der Waals surface area contributed by atoms with E-state index in [1.165, 1.54) is 4.31 Å². The fourth-order valence-corrected chi connectivity index (χ4v) is 7.31. The minimum atomic E-state index is -3.64. The highest BCUT2D eigenvalue weighted by molar-refractivity contribution is 7.92. The number of carbonyl (C=O) groups excluding carboxylic acids is 2. The third-order valence-corrected chi connectivity index (χ3v) is 10.1. The largest absolute Gasteiger partial charge is 0.494 e. The number of rotatable bonds is 15. The van der Waals surface area contributed by atoms with Crippen LogP contribution in [0.25, 0.3) is 0 Å². The summed E-state index contributed by atoms with van der Waals surface area (Å²) in [5.74, 6) is 0.120. The van der Waals surface area contributed by atoms with E-state index in [0.29, 0.717) is 40.1 Å². The van der Waals surface area contributed by atoms with Gasteiger partial charge in [-0.25, -0.2) is 8.42 Å². The smallest absolute Gasteiger partial charge is 0.243 e. The first-order chi connectivity index (χ1) is 22.1. The normalized spacial score (nSPS) is 14.3. The maximum atomic E-state index is 14.2. The summed E-state index contributed by atoms with van der Waals surface area (Å²) >= 11 is 13.1. The van der Waals surface area contributed by atoms with E-state index in [1.54, 1.807) is 47.4 Å². The lowest BCUT2D eigenvalue weighted by atomic mass is 9.94. The van der Waals surface area contributed by atoms with E-state index in [9.17, 15) is 18.0 Å². The monoisotopic (exact) mass is 687 g/mol. The molecule has 1 saturated carbocycles. The molecule has 1 aliphatic rings. The van der Waals surface area contributed by atoms with Gasteiger partial charge in [-0.05, 0) is 68.1 Å². The number of halogens is 2. The SMILES string of the molecule is CCOc1ccc(N(CCCC(=O)N(Cc2c(Cl)cccc2Cl)[C@H](Cc2ccccc2)C(=O)NC2CCCCC2)S(C)(=O)=O)cc1. The highest BCUT2D eigenvalue weighted by Gasteiger charge is 2.33. The van der Waals surface area contributed by atoms with Crippen molar-refractivity contribution in [3.63, 3.8) is 0 Å². The highest BCUT2D eigenvalue weighted by atomic mass is 35.5. The lowest BCUT2D eigenvalue weighted by molar-refractivity contribution is -0.141. The van der Waals surface area contributed by atoms with Gasteiger partial charge in [-0.2, -0.15) is 0 Å². The molecule has 0 aliphatic heterocycles. The Balaban J connectivity index is 1.60. The van der Waals surface area contributed by atoms with Gasteiger partial charge < -0.3 is 15.0 Å². The molecule has 8 nitrogen and oxygen atoms in total. The van der Waals surface area contributed by atoms with E-state index in [4.69, 9.17) is 27.9 Å². The molecule has 0 aromatic heterocycles. The predicted octanol–water partition coefficient (Wildman–Crippen LogP) is 7.03. The molecule has 3 aromatic carbocycles. The first-order valence-corrected chi connectivity index (χ1v) is 18.4. The molecule has 248 valence electrons. The molecule has 1 fully saturated rings. The van der Waals surface area contributed by atoms with Gasteiger partial charge in [0.05, 0.1) is 18.6 Å². The van der Waals surface area contributed by atoms with Crippen molar-refractivity contribution < 1.29 is 22.7 Å². The topological polar surface area (TPSA) is 96.0 Å². The summed E-state index contributed by atoms with van der Waals surface area (Å²) < 4.78 is 32.3. The Kier molecular flexibility index (Phi) is 13.2. The van der Waals surface area contributed by atoms with Crippen LogP contribution in [0.4, 0.5) is 5.69 Å². The van der Waals surface area contributed by atoms with Crippen molar-refractivity contribution >= 4 is 50.7 Å².